The molecule has 0 saturated heterocycles. The van der Waals surface area contributed by atoms with E-state index in [2.05, 4.69) is 62.3 Å². The third-order valence-corrected chi connectivity index (χ3v) is 5.36. The molecule has 4 nitrogen and oxygen atoms in total. The first-order valence-electron chi connectivity index (χ1n) is 9.76. The van der Waals surface area contributed by atoms with E-state index in [0.29, 0.717) is 5.56 Å². The van der Waals surface area contributed by atoms with Gasteiger partial charge in [0.15, 0.2) is 0 Å². The molecule has 1 aromatic rings. The van der Waals surface area contributed by atoms with E-state index in [0.717, 1.165) is 5.56 Å². The van der Waals surface area contributed by atoms with Crippen molar-refractivity contribution in [2.75, 3.05) is 19.8 Å². The maximum Gasteiger partial charge on any atom is 0.0915 e. The lowest BCUT2D eigenvalue weighted by molar-refractivity contribution is -0.0858. The van der Waals surface area contributed by atoms with Gasteiger partial charge in [-0.1, -0.05) is 74.4 Å². The Kier molecular flexibility index (Phi) is 6.98. The number of hydrogen-bond acceptors (Lipinski definition) is 4. The SMILES string of the molecule is CC(C)(C)c1ccc(C(O)C(CO)(CO)CO)c(C(C)(C)C)c1C(C)(C)C. The zero-order valence-electron chi connectivity index (χ0n) is 18.6. The number of aliphatic hydroxyl groups is 4. The molecular formula is C23H40O4. The molecule has 4 heteroatoms. The molecule has 0 amide bonds. The van der Waals surface area contributed by atoms with Gasteiger partial charge in [0.2, 0.25) is 0 Å². The van der Waals surface area contributed by atoms with E-state index in [-0.39, 0.29) is 16.2 Å². The van der Waals surface area contributed by atoms with Crippen molar-refractivity contribution in [2.45, 2.75) is 84.7 Å². The quantitative estimate of drug-likeness (QED) is 0.629. The van der Waals surface area contributed by atoms with Gasteiger partial charge in [-0.25, -0.2) is 0 Å². The van der Waals surface area contributed by atoms with Gasteiger partial charge in [-0.05, 0) is 38.5 Å². The van der Waals surface area contributed by atoms with Crippen molar-refractivity contribution in [3.05, 3.63) is 34.4 Å². The summed E-state index contributed by atoms with van der Waals surface area (Å²) in [5.41, 5.74) is 2.19. The highest BCUT2D eigenvalue weighted by Crippen LogP contribution is 2.46. The molecule has 1 unspecified atom stereocenters. The van der Waals surface area contributed by atoms with Crippen LogP contribution in [-0.4, -0.2) is 40.2 Å². The second-order valence-corrected chi connectivity index (χ2v) is 10.9. The van der Waals surface area contributed by atoms with E-state index in [1.165, 1.54) is 11.1 Å². The van der Waals surface area contributed by atoms with Crippen LogP contribution >= 0.6 is 0 Å². The van der Waals surface area contributed by atoms with Crippen LogP contribution in [0.1, 0.15) is 90.7 Å². The molecule has 0 spiro atoms. The standard InChI is InChI=1S/C23H40O4/c1-20(2,3)16-11-10-15(19(27)23(12-24,13-25)14-26)17(21(4,5)6)18(16)22(7,8)9/h10-11,19,24-27H,12-14H2,1-9H3. The van der Waals surface area contributed by atoms with Gasteiger partial charge < -0.3 is 20.4 Å². The van der Waals surface area contributed by atoms with Gasteiger partial charge in [-0.2, -0.15) is 0 Å². The van der Waals surface area contributed by atoms with Gasteiger partial charge in [0, 0.05) is 0 Å². The normalized spacial score (nSPS) is 15.1. The van der Waals surface area contributed by atoms with Crippen molar-refractivity contribution in [3.8, 4) is 0 Å². The third-order valence-electron chi connectivity index (χ3n) is 5.36. The third kappa shape index (κ3) is 4.73. The summed E-state index contributed by atoms with van der Waals surface area (Å²) in [4.78, 5) is 0. The van der Waals surface area contributed by atoms with Crippen molar-refractivity contribution in [2.24, 2.45) is 5.41 Å². The molecule has 1 atom stereocenters. The first-order valence-corrected chi connectivity index (χ1v) is 9.76. The van der Waals surface area contributed by atoms with Crippen molar-refractivity contribution >= 4 is 0 Å². The van der Waals surface area contributed by atoms with Crippen molar-refractivity contribution in [3.63, 3.8) is 0 Å². The van der Waals surface area contributed by atoms with Crippen LogP contribution in [-0.2, 0) is 16.2 Å². The van der Waals surface area contributed by atoms with E-state index >= 15 is 0 Å². The molecule has 0 aliphatic carbocycles. The molecule has 1 rings (SSSR count). The first kappa shape index (κ1) is 24.1. The Morgan fingerprint density at radius 2 is 1.07 bits per heavy atom. The van der Waals surface area contributed by atoms with E-state index in [9.17, 15) is 20.4 Å². The summed E-state index contributed by atoms with van der Waals surface area (Å²) in [6.45, 7) is 17.9. The summed E-state index contributed by atoms with van der Waals surface area (Å²) in [5.74, 6) is 0. The number of hydrogen-bond donors (Lipinski definition) is 4. The predicted octanol–water partition coefficient (Wildman–Crippen LogP) is 3.58. The second kappa shape index (κ2) is 7.82. The fraction of sp³-hybridized carbons (Fsp3) is 0.739. The van der Waals surface area contributed by atoms with Crippen LogP contribution in [0.2, 0.25) is 0 Å². The molecule has 0 bridgehead atoms. The number of rotatable bonds is 5. The summed E-state index contributed by atoms with van der Waals surface area (Å²) in [6, 6.07) is 3.95. The highest BCUT2D eigenvalue weighted by atomic mass is 16.3. The lowest BCUT2D eigenvalue weighted by Crippen LogP contribution is -2.41. The summed E-state index contributed by atoms with van der Waals surface area (Å²) >= 11 is 0. The molecule has 0 aromatic heterocycles. The van der Waals surface area contributed by atoms with Crippen molar-refractivity contribution in [1.29, 1.82) is 0 Å². The number of aliphatic hydroxyl groups excluding tert-OH is 4. The smallest absolute Gasteiger partial charge is 0.0915 e. The van der Waals surface area contributed by atoms with Gasteiger partial charge >= 0.3 is 0 Å². The monoisotopic (exact) mass is 380 g/mol. The van der Waals surface area contributed by atoms with Gasteiger partial charge in [0.25, 0.3) is 0 Å². The zero-order valence-corrected chi connectivity index (χ0v) is 18.6. The molecule has 0 fully saturated rings. The van der Waals surface area contributed by atoms with E-state index in [4.69, 9.17) is 0 Å². The Balaban J connectivity index is 4.00. The molecule has 0 saturated carbocycles. The average molecular weight is 381 g/mol. The van der Waals surface area contributed by atoms with Crippen LogP contribution in [0.3, 0.4) is 0 Å². The largest absolute Gasteiger partial charge is 0.395 e. The van der Waals surface area contributed by atoms with Crippen molar-refractivity contribution in [1.82, 2.24) is 0 Å². The first-order chi connectivity index (χ1) is 12.1. The average Bonchev–Trinajstić information content (AvgIpc) is 2.53. The Hall–Kier alpha value is -0.940. The molecule has 156 valence electrons. The van der Waals surface area contributed by atoms with E-state index < -0.39 is 31.3 Å². The maximum absolute atomic E-state index is 11.2. The molecule has 1 aromatic carbocycles. The van der Waals surface area contributed by atoms with Crippen LogP contribution < -0.4 is 0 Å². The van der Waals surface area contributed by atoms with Crippen LogP contribution in [0.25, 0.3) is 0 Å². The predicted molar refractivity (Wildman–Crippen MR) is 111 cm³/mol. The Bertz CT molecular complexity index is 630. The molecule has 0 radical (unpaired) electrons. The molecule has 0 aliphatic heterocycles. The fourth-order valence-corrected chi connectivity index (χ4v) is 3.80. The molecule has 4 N–H and O–H groups in total. The molecule has 0 heterocycles. The summed E-state index contributed by atoms with van der Waals surface area (Å²) in [7, 11) is 0. The molecule has 27 heavy (non-hydrogen) atoms. The lowest BCUT2D eigenvalue weighted by Gasteiger charge is -2.41. The lowest BCUT2D eigenvalue weighted by atomic mass is 9.65. The van der Waals surface area contributed by atoms with Crippen molar-refractivity contribution < 1.29 is 20.4 Å². The molecule has 0 aliphatic rings. The molecular weight excluding hydrogens is 340 g/mol. The Labute approximate surface area is 165 Å². The fourth-order valence-electron chi connectivity index (χ4n) is 3.80. The number of benzene rings is 1. The van der Waals surface area contributed by atoms with Gasteiger partial charge in [0.1, 0.15) is 0 Å². The Morgan fingerprint density at radius 3 is 1.37 bits per heavy atom. The second-order valence-electron chi connectivity index (χ2n) is 10.9. The van der Waals surface area contributed by atoms with Gasteiger partial charge in [0.05, 0.1) is 31.3 Å². The van der Waals surface area contributed by atoms with Crippen LogP contribution in [0.15, 0.2) is 12.1 Å². The highest BCUT2D eigenvalue weighted by Gasteiger charge is 2.42. The highest BCUT2D eigenvalue weighted by molar-refractivity contribution is 5.52. The van der Waals surface area contributed by atoms with Gasteiger partial charge in [-0.15, -0.1) is 0 Å². The van der Waals surface area contributed by atoms with E-state index in [1.54, 1.807) is 0 Å². The summed E-state index contributed by atoms with van der Waals surface area (Å²) in [5, 5.41) is 40.7. The van der Waals surface area contributed by atoms with Crippen LogP contribution in [0.5, 0.6) is 0 Å². The summed E-state index contributed by atoms with van der Waals surface area (Å²) in [6.07, 6.45) is -1.18. The minimum Gasteiger partial charge on any atom is -0.395 e. The van der Waals surface area contributed by atoms with Gasteiger partial charge in [-0.3, -0.25) is 0 Å². The minimum atomic E-state index is -1.39. The summed E-state index contributed by atoms with van der Waals surface area (Å²) < 4.78 is 0. The Morgan fingerprint density at radius 1 is 0.667 bits per heavy atom. The van der Waals surface area contributed by atoms with Crippen LogP contribution in [0.4, 0.5) is 0 Å². The topological polar surface area (TPSA) is 80.9 Å². The van der Waals surface area contributed by atoms with Crippen LogP contribution in [0, 0.1) is 5.41 Å². The maximum atomic E-state index is 11.2. The zero-order chi connectivity index (χ0) is 21.4. The minimum absolute atomic E-state index is 0.0753. The van der Waals surface area contributed by atoms with E-state index in [1.807, 2.05) is 12.1 Å².